The van der Waals surface area contributed by atoms with E-state index in [1.807, 2.05) is 19.2 Å². The van der Waals surface area contributed by atoms with Gasteiger partial charge in [-0.3, -0.25) is 0 Å². The molecule has 0 aliphatic heterocycles. The summed E-state index contributed by atoms with van der Waals surface area (Å²) in [6.07, 6.45) is 0. The molecule has 2 heterocycles. The quantitative estimate of drug-likeness (QED) is 0.843. The molecule has 2 rings (SSSR count). The van der Waals surface area contributed by atoms with Crippen molar-refractivity contribution in [1.29, 1.82) is 5.26 Å². The van der Waals surface area contributed by atoms with Crippen LogP contribution >= 0.6 is 34.3 Å². The summed E-state index contributed by atoms with van der Waals surface area (Å²) < 4.78 is 0. The number of halogens is 1. The number of nitrogen functional groups attached to an aromatic ring is 1. The van der Waals surface area contributed by atoms with Crippen LogP contribution in [0, 0.1) is 25.2 Å². The fourth-order valence-corrected chi connectivity index (χ4v) is 3.99. The van der Waals surface area contributed by atoms with Crippen LogP contribution in [0.4, 0.5) is 5.69 Å². The Morgan fingerprint density at radius 1 is 1.38 bits per heavy atom. The molecule has 82 valence electrons. The Morgan fingerprint density at radius 2 is 2.06 bits per heavy atom. The van der Waals surface area contributed by atoms with Crippen molar-refractivity contribution in [2.75, 3.05) is 5.73 Å². The lowest BCUT2D eigenvalue weighted by Crippen LogP contribution is -1.87. The summed E-state index contributed by atoms with van der Waals surface area (Å²) in [6, 6.07) is 2.11. The van der Waals surface area contributed by atoms with E-state index >= 15 is 0 Å². The van der Waals surface area contributed by atoms with Crippen LogP contribution in [-0.2, 0) is 0 Å². The van der Waals surface area contributed by atoms with Gasteiger partial charge in [0.2, 0.25) is 0 Å². The summed E-state index contributed by atoms with van der Waals surface area (Å²) in [7, 11) is 0. The second kappa shape index (κ2) is 4.10. The highest BCUT2D eigenvalue weighted by Crippen LogP contribution is 2.44. The molecule has 0 radical (unpaired) electrons. The lowest BCUT2D eigenvalue weighted by molar-refractivity contribution is 1.50. The molecular weight excluding hydrogens is 260 g/mol. The van der Waals surface area contributed by atoms with Gasteiger partial charge in [-0.15, -0.1) is 22.7 Å². The molecule has 2 nitrogen and oxygen atoms in total. The molecule has 0 amide bonds. The maximum absolute atomic E-state index is 8.93. The third kappa shape index (κ3) is 1.61. The summed E-state index contributed by atoms with van der Waals surface area (Å²) in [5.41, 5.74) is 8.44. The molecule has 0 spiro atoms. The normalized spacial score (nSPS) is 10.4. The first-order valence-electron chi connectivity index (χ1n) is 4.59. The topological polar surface area (TPSA) is 49.8 Å². The van der Waals surface area contributed by atoms with Gasteiger partial charge in [-0.05, 0) is 30.4 Å². The van der Waals surface area contributed by atoms with Gasteiger partial charge in [0.05, 0.1) is 20.5 Å². The van der Waals surface area contributed by atoms with E-state index in [4.69, 9.17) is 22.6 Å². The van der Waals surface area contributed by atoms with Crippen LogP contribution in [0.1, 0.15) is 16.0 Å². The van der Waals surface area contributed by atoms with E-state index in [1.54, 1.807) is 11.3 Å². The lowest BCUT2D eigenvalue weighted by Gasteiger charge is -1.97. The van der Waals surface area contributed by atoms with Crippen LogP contribution in [-0.4, -0.2) is 0 Å². The van der Waals surface area contributed by atoms with E-state index in [0.29, 0.717) is 10.6 Å². The first kappa shape index (κ1) is 11.5. The predicted octanol–water partition coefficient (Wildman–Crippen LogP) is 4.20. The minimum absolute atomic E-state index is 0.564. The number of anilines is 1. The van der Waals surface area contributed by atoms with Crippen LogP contribution < -0.4 is 5.73 Å². The van der Waals surface area contributed by atoms with Crippen molar-refractivity contribution in [1.82, 2.24) is 0 Å². The van der Waals surface area contributed by atoms with E-state index in [0.717, 1.165) is 25.9 Å². The Balaban J connectivity index is 2.66. The summed E-state index contributed by atoms with van der Waals surface area (Å²) in [4.78, 5) is 2.58. The average Bonchev–Trinajstić information content (AvgIpc) is 2.73. The minimum atomic E-state index is 0.564. The van der Waals surface area contributed by atoms with Crippen molar-refractivity contribution in [3.05, 3.63) is 26.4 Å². The van der Waals surface area contributed by atoms with Crippen molar-refractivity contribution in [3.8, 4) is 15.8 Å². The molecule has 0 saturated heterocycles. The number of nitrogens with zero attached hydrogens (tertiary/aromatic N) is 1. The second-order valence-corrected chi connectivity index (χ2v) is 5.75. The van der Waals surface area contributed by atoms with Gasteiger partial charge in [0.25, 0.3) is 0 Å². The molecule has 0 aliphatic rings. The fourth-order valence-electron chi connectivity index (χ4n) is 1.41. The number of nitriles is 1. The third-order valence-electron chi connectivity index (χ3n) is 2.40. The van der Waals surface area contributed by atoms with Crippen molar-refractivity contribution in [3.63, 3.8) is 0 Å². The van der Waals surface area contributed by atoms with Crippen LogP contribution in [0.5, 0.6) is 0 Å². The van der Waals surface area contributed by atoms with Crippen molar-refractivity contribution < 1.29 is 0 Å². The van der Waals surface area contributed by atoms with Gasteiger partial charge in [-0.1, -0.05) is 11.6 Å². The van der Waals surface area contributed by atoms with Crippen molar-refractivity contribution >= 4 is 40.0 Å². The molecule has 2 aromatic rings. The number of thiophene rings is 2. The summed E-state index contributed by atoms with van der Waals surface area (Å²) in [5.74, 6) is 0. The summed E-state index contributed by atoms with van der Waals surface area (Å²) >= 11 is 9.21. The highest BCUT2D eigenvalue weighted by Gasteiger charge is 2.17. The molecular formula is C11H9ClN2S2. The molecule has 0 fully saturated rings. The molecule has 0 aliphatic carbocycles. The molecule has 2 aromatic heterocycles. The van der Waals surface area contributed by atoms with Crippen LogP contribution in [0.15, 0.2) is 5.38 Å². The average molecular weight is 269 g/mol. The monoisotopic (exact) mass is 268 g/mol. The SMILES string of the molecule is Cc1csc(-c2sc(C#N)c(N)c2C)c1Cl. The number of rotatable bonds is 1. The molecule has 0 saturated carbocycles. The molecule has 0 bridgehead atoms. The Hall–Kier alpha value is -1.02. The molecule has 16 heavy (non-hydrogen) atoms. The molecule has 0 unspecified atom stereocenters. The molecule has 5 heteroatoms. The molecule has 0 aromatic carbocycles. The van der Waals surface area contributed by atoms with Crippen molar-refractivity contribution in [2.45, 2.75) is 13.8 Å². The number of hydrogen-bond acceptors (Lipinski definition) is 4. The summed E-state index contributed by atoms with van der Waals surface area (Å²) in [5, 5.41) is 11.7. The maximum Gasteiger partial charge on any atom is 0.128 e. The van der Waals surface area contributed by atoms with Gasteiger partial charge >= 0.3 is 0 Å². The first-order chi connectivity index (χ1) is 7.56. The highest BCUT2D eigenvalue weighted by atomic mass is 35.5. The zero-order valence-corrected chi connectivity index (χ0v) is 11.2. The molecule has 2 N–H and O–H groups in total. The fraction of sp³-hybridized carbons (Fsp3) is 0.182. The van der Waals surface area contributed by atoms with Crippen LogP contribution in [0.3, 0.4) is 0 Å². The van der Waals surface area contributed by atoms with E-state index < -0.39 is 0 Å². The van der Waals surface area contributed by atoms with Crippen LogP contribution in [0.25, 0.3) is 9.75 Å². The van der Waals surface area contributed by atoms with E-state index in [9.17, 15) is 0 Å². The first-order valence-corrected chi connectivity index (χ1v) is 6.66. The Labute approximate surface area is 107 Å². The van der Waals surface area contributed by atoms with Crippen LogP contribution in [0.2, 0.25) is 5.02 Å². The van der Waals surface area contributed by atoms with Gasteiger partial charge in [0, 0.05) is 0 Å². The Bertz CT molecular complexity index is 590. The Morgan fingerprint density at radius 3 is 2.50 bits per heavy atom. The predicted molar refractivity (Wildman–Crippen MR) is 71.2 cm³/mol. The van der Waals surface area contributed by atoms with Gasteiger partial charge in [-0.2, -0.15) is 5.26 Å². The summed E-state index contributed by atoms with van der Waals surface area (Å²) in [6.45, 7) is 3.90. The highest BCUT2D eigenvalue weighted by molar-refractivity contribution is 7.22. The third-order valence-corrected chi connectivity index (χ3v) is 5.47. The second-order valence-electron chi connectivity index (χ2n) is 3.47. The van der Waals surface area contributed by atoms with E-state index in [2.05, 4.69) is 6.07 Å². The van der Waals surface area contributed by atoms with Gasteiger partial charge < -0.3 is 5.73 Å². The van der Waals surface area contributed by atoms with Gasteiger partial charge in [-0.25, -0.2) is 0 Å². The zero-order chi connectivity index (χ0) is 11.9. The lowest BCUT2D eigenvalue weighted by atomic mass is 10.2. The van der Waals surface area contributed by atoms with Gasteiger partial charge in [0.15, 0.2) is 0 Å². The smallest absolute Gasteiger partial charge is 0.128 e. The molecule has 0 atom stereocenters. The number of nitrogens with two attached hydrogens (primary N) is 1. The number of aryl methyl sites for hydroxylation is 1. The van der Waals surface area contributed by atoms with Gasteiger partial charge in [0.1, 0.15) is 10.9 Å². The zero-order valence-electron chi connectivity index (χ0n) is 8.80. The van der Waals surface area contributed by atoms with E-state index in [-0.39, 0.29) is 0 Å². The minimum Gasteiger partial charge on any atom is -0.397 e. The largest absolute Gasteiger partial charge is 0.397 e. The Kier molecular flexibility index (Phi) is 2.94. The van der Waals surface area contributed by atoms with E-state index in [1.165, 1.54) is 11.3 Å². The standard InChI is InChI=1S/C11H9ClN2S2/c1-5-4-15-11(8(5)12)10-6(2)9(14)7(3-13)16-10/h4H,14H2,1-2H3. The number of hydrogen-bond donors (Lipinski definition) is 1. The maximum atomic E-state index is 8.93. The van der Waals surface area contributed by atoms with Crippen molar-refractivity contribution in [2.24, 2.45) is 0 Å².